The molecule has 0 unspecified atom stereocenters. The van der Waals surface area contributed by atoms with Crippen LogP contribution in [-0.4, -0.2) is 53.5 Å². The van der Waals surface area contributed by atoms with Crippen molar-refractivity contribution >= 4 is 23.5 Å². The van der Waals surface area contributed by atoms with Crippen LogP contribution in [0.5, 0.6) is 0 Å². The molecule has 0 radical (unpaired) electrons. The second-order valence-corrected chi connectivity index (χ2v) is 6.41. The van der Waals surface area contributed by atoms with E-state index in [4.69, 9.17) is 5.73 Å². The average molecular weight is 318 g/mol. The number of piperidine rings is 2. The van der Waals surface area contributed by atoms with E-state index >= 15 is 0 Å². The fourth-order valence-electron chi connectivity index (χ4n) is 3.83. The molecule has 2 fully saturated rings. The first-order valence-corrected chi connectivity index (χ1v) is 8.49. The molecular formula is C16H26N6O. The summed E-state index contributed by atoms with van der Waals surface area (Å²) in [5, 5.41) is 3.02. The number of amides is 1. The summed E-state index contributed by atoms with van der Waals surface area (Å²) in [6.07, 6.45) is 3.66. The minimum atomic E-state index is 0.292. The molecule has 1 aromatic heterocycles. The number of nitrogens with zero attached hydrogens (tertiary/aromatic N) is 4. The van der Waals surface area contributed by atoms with Gasteiger partial charge in [0.1, 0.15) is 11.6 Å². The Kier molecular flexibility index (Phi) is 4.54. The van der Waals surface area contributed by atoms with E-state index in [1.807, 2.05) is 13.1 Å². The van der Waals surface area contributed by atoms with Gasteiger partial charge in [-0.1, -0.05) is 6.92 Å². The summed E-state index contributed by atoms with van der Waals surface area (Å²) >= 11 is 0. The minimum Gasteiger partial charge on any atom is -0.373 e. The largest absolute Gasteiger partial charge is 0.373 e. The van der Waals surface area contributed by atoms with Crippen molar-refractivity contribution in [2.24, 2.45) is 5.92 Å². The molecule has 3 heterocycles. The van der Waals surface area contributed by atoms with E-state index in [0.29, 0.717) is 30.2 Å². The van der Waals surface area contributed by atoms with Crippen molar-refractivity contribution in [3.05, 3.63) is 6.07 Å². The first-order valence-electron chi connectivity index (χ1n) is 8.49. The summed E-state index contributed by atoms with van der Waals surface area (Å²) in [7, 11) is 1.83. The van der Waals surface area contributed by atoms with Crippen LogP contribution in [-0.2, 0) is 4.79 Å². The van der Waals surface area contributed by atoms with Crippen molar-refractivity contribution in [1.82, 2.24) is 14.9 Å². The van der Waals surface area contributed by atoms with Crippen LogP contribution < -0.4 is 16.0 Å². The van der Waals surface area contributed by atoms with Crippen molar-refractivity contribution in [1.29, 1.82) is 0 Å². The van der Waals surface area contributed by atoms with Crippen molar-refractivity contribution < 1.29 is 4.79 Å². The Morgan fingerprint density at radius 2 is 2.22 bits per heavy atom. The molecule has 7 heteroatoms. The molecule has 2 aliphatic rings. The van der Waals surface area contributed by atoms with Gasteiger partial charge in [0.2, 0.25) is 11.9 Å². The summed E-state index contributed by atoms with van der Waals surface area (Å²) < 4.78 is 0. The van der Waals surface area contributed by atoms with E-state index in [-0.39, 0.29) is 0 Å². The Labute approximate surface area is 137 Å². The molecular weight excluding hydrogens is 292 g/mol. The second kappa shape index (κ2) is 6.60. The van der Waals surface area contributed by atoms with Gasteiger partial charge in [-0.2, -0.15) is 9.97 Å². The molecule has 2 saturated heterocycles. The van der Waals surface area contributed by atoms with Crippen molar-refractivity contribution in [2.75, 3.05) is 42.6 Å². The first kappa shape index (κ1) is 15.8. The smallest absolute Gasteiger partial charge is 0.223 e. The van der Waals surface area contributed by atoms with Gasteiger partial charge in [-0.3, -0.25) is 4.79 Å². The van der Waals surface area contributed by atoms with Gasteiger partial charge in [0.05, 0.1) is 0 Å². The van der Waals surface area contributed by atoms with Crippen LogP contribution in [0.3, 0.4) is 0 Å². The Balaban J connectivity index is 1.75. The number of anilines is 3. The predicted molar refractivity (Wildman–Crippen MR) is 91.3 cm³/mol. The van der Waals surface area contributed by atoms with Crippen LogP contribution in [0.15, 0.2) is 6.07 Å². The number of carbonyl (C=O) groups is 1. The standard InChI is InChI=1S/C16H26N6O/c1-3-7-22-12-6-8-21(10-11(12)4-5-15(22)23)14-9-13(18-2)19-16(17)20-14/h9,11-12H,3-8,10H2,1-2H3,(H3,17,18,19,20)/t11-,12+/m0/s1. The lowest BCUT2D eigenvalue weighted by atomic mass is 9.83. The fraction of sp³-hybridized carbons (Fsp3) is 0.688. The molecule has 3 rings (SSSR count). The molecule has 1 amide bonds. The van der Waals surface area contributed by atoms with E-state index in [1.54, 1.807) is 0 Å². The molecule has 126 valence electrons. The summed E-state index contributed by atoms with van der Waals surface area (Å²) in [5.41, 5.74) is 5.81. The maximum absolute atomic E-state index is 12.2. The molecule has 3 N–H and O–H groups in total. The van der Waals surface area contributed by atoms with E-state index in [1.165, 1.54) is 0 Å². The third kappa shape index (κ3) is 3.18. The van der Waals surface area contributed by atoms with Gasteiger partial charge >= 0.3 is 0 Å². The van der Waals surface area contributed by atoms with E-state index < -0.39 is 0 Å². The highest BCUT2D eigenvalue weighted by Crippen LogP contribution is 2.33. The summed E-state index contributed by atoms with van der Waals surface area (Å²) in [5.74, 6) is 2.74. The van der Waals surface area contributed by atoms with Gasteiger partial charge in [0.15, 0.2) is 0 Å². The number of fused-ring (bicyclic) bond motifs is 1. The topological polar surface area (TPSA) is 87.4 Å². The number of nitrogens with two attached hydrogens (primary N) is 1. The molecule has 0 spiro atoms. The molecule has 23 heavy (non-hydrogen) atoms. The van der Waals surface area contributed by atoms with Crippen molar-refractivity contribution in [3.8, 4) is 0 Å². The number of aromatic nitrogens is 2. The number of nitrogen functional groups attached to an aromatic ring is 1. The fourth-order valence-corrected chi connectivity index (χ4v) is 3.83. The Morgan fingerprint density at radius 3 is 2.96 bits per heavy atom. The van der Waals surface area contributed by atoms with E-state index in [2.05, 4.69) is 32.0 Å². The predicted octanol–water partition coefficient (Wildman–Crippen LogP) is 1.33. The zero-order valence-electron chi connectivity index (χ0n) is 14.0. The number of carbonyl (C=O) groups excluding carboxylic acids is 1. The van der Waals surface area contributed by atoms with Crippen LogP contribution in [0.4, 0.5) is 17.6 Å². The summed E-state index contributed by atoms with van der Waals surface area (Å²) in [6.45, 7) is 4.84. The maximum Gasteiger partial charge on any atom is 0.223 e. The number of likely N-dealkylation sites (tertiary alicyclic amines) is 1. The van der Waals surface area contributed by atoms with Crippen molar-refractivity contribution in [3.63, 3.8) is 0 Å². The molecule has 0 bridgehead atoms. The third-order valence-electron chi connectivity index (χ3n) is 4.92. The average Bonchev–Trinajstić information content (AvgIpc) is 2.56. The Bertz CT molecular complexity index is 578. The number of nitrogens with one attached hydrogen (secondary N) is 1. The lowest BCUT2D eigenvalue weighted by Gasteiger charge is -2.47. The summed E-state index contributed by atoms with van der Waals surface area (Å²) in [6, 6.07) is 2.32. The van der Waals surface area contributed by atoms with Crippen LogP contribution >= 0.6 is 0 Å². The van der Waals surface area contributed by atoms with E-state index in [0.717, 1.165) is 50.5 Å². The highest BCUT2D eigenvalue weighted by atomic mass is 16.2. The highest BCUT2D eigenvalue weighted by Gasteiger charge is 2.39. The monoisotopic (exact) mass is 318 g/mol. The molecule has 0 aromatic carbocycles. The normalized spacial score (nSPS) is 24.5. The van der Waals surface area contributed by atoms with Gasteiger partial charge < -0.3 is 20.9 Å². The first-order chi connectivity index (χ1) is 11.1. The van der Waals surface area contributed by atoms with Crippen LogP contribution in [0.25, 0.3) is 0 Å². The van der Waals surface area contributed by atoms with Crippen LogP contribution in [0, 0.1) is 5.92 Å². The van der Waals surface area contributed by atoms with Gasteiger partial charge in [0.25, 0.3) is 0 Å². The van der Waals surface area contributed by atoms with Gasteiger partial charge in [-0.25, -0.2) is 0 Å². The zero-order chi connectivity index (χ0) is 16.4. The highest BCUT2D eigenvalue weighted by molar-refractivity contribution is 5.77. The molecule has 0 saturated carbocycles. The third-order valence-corrected chi connectivity index (χ3v) is 4.92. The minimum absolute atomic E-state index is 0.292. The number of hydrogen-bond acceptors (Lipinski definition) is 6. The lowest BCUT2D eigenvalue weighted by Crippen LogP contribution is -2.56. The lowest BCUT2D eigenvalue weighted by molar-refractivity contribution is -0.139. The maximum atomic E-state index is 12.2. The van der Waals surface area contributed by atoms with E-state index in [9.17, 15) is 4.79 Å². The van der Waals surface area contributed by atoms with Crippen LogP contribution in [0.1, 0.15) is 32.6 Å². The SMILES string of the molecule is CCCN1C(=O)CC[C@H]2CN(c3cc(NC)nc(N)n3)CC[C@H]21. The molecule has 0 aliphatic carbocycles. The molecule has 2 atom stereocenters. The molecule has 7 nitrogen and oxygen atoms in total. The Hall–Kier alpha value is -2.05. The van der Waals surface area contributed by atoms with Gasteiger partial charge in [0, 0.05) is 45.2 Å². The zero-order valence-corrected chi connectivity index (χ0v) is 14.0. The second-order valence-electron chi connectivity index (χ2n) is 6.41. The Morgan fingerprint density at radius 1 is 1.39 bits per heavy atom. The van der Waals surface area contributed by atoms with Crippen LogP contribution in [0.2, 0.25) is 0 Å². The van der Waals surface area contributed by atoms with Gasteiger partial charge in [-0.15, -0.1) is 0 Å². The number of hydrogen-bond donors (Lipinski definition) is 2. The van der Waals surface area contributed by atoms with Crippen molar-refractivity contribution in [2.45, 2.75) is 38.6 Å². The summed E-state index contributed by atoms with van der Waals surface area (Å²) in [4.78, 5) is 25.1. The number of rotatable bonds is 4. The quantitative estimate of drug-likeness (QED) is 0.871. The molecule has 2 aliphatic heterocycles. The van der Waals surface area contributed by atoms with Gasteiger partial charge in [-0.05, 0) is 25.2 Å². The molecule has 1 aromatic rings.